The van der Waals surface area contributed by atoms with Gasteiger partial charge in [-0.15, -0.1) is 0 Å². The maximum Gasteiger partial charge on any atom is 2.00 e. The van der Waals surface area contributed by atoms with Crippen molar-refractivity contribution in [2.24, 2.45) is 0 Å². The molecule has 0 aromatic rings. The van der Waals surface area contributed by atoms with Crippen molar-refractivity contribution in [2.75, 3.05) is 0 Å². The van der Waals surface area contributed by atoms with Gasteiger partial charge in [-0.05, 0) is 0 Å². The van der Waals surface area contributed by atoms with E-state index in [0.29, 0.717) is 0 Å². The molecule has 0 atom stereocenters. The van der Waals surface area contributed by atoms with Gasteiger partial charge in [-0.1, -0.05) is 0 Å². The van der Waals surface area contributed by atoms with Gasteiger partial charge < -0.3 is 49.6 Å². The van der Waals surface area contributed by atoms with Crippen LogP contribution in [0, 0.1) is 0 Å². The van der Waals surface area contributed by atoms with Crippen LogP contribution >= 0.6 is 0 Å². The largest absolute Gasteiger partial charge is 2.00 e. The Labute approximate surface area is 110 Å². The molecule has 0 N–H and O–H groups in total. The van der Waals surface area contributed by atoms with E-state index in [-0.39, 0.29) is 113 Å². The molecule has 0 saturated carbocycles. The molecule has 0 saturated heterocycles. The monoisotopic (exact) mass is 304 g/mol. The summed E-state index contributed by atoms with van der Waals surface area (Å²) >= 11 is 0. The van der Waals surface area contributed by atoms with Gasteiger partial charge in [0, 0.05) is 0 Å². The molecule has 0 aromatic heterocycles. The summed E-state index contributed by atoms with van der Waals surface area (Å²) in [4.78, 5) is 0. The Morgan fingerprint density at radius 2 is 0.500 bits per heavy atom. The van der Waals surface area contributed by atoms with Crippen LogP contribution in [0.25, 0.3) is 0 Å². The van der Waals surface area contributed by atoms with Crippen molar-refractivity contribution < 1.29 is 49.6 Å². The smallest absolute Gasteiger partial charge is 2.00 e. The van der Waals surface area contributed by atoms with E-state index < -0.39 is 0 Å². The Morgan fingerprint density at radius 1 is 0.500 bits per heavy atom. The van der Waals surface area contributed by atoms with Crippen LogP contribution in [0.1, 0.15) is 0 Å². The molecule has 0 aliphatic heterocycles. The minimum Gasteiger partial charge on any atom is 2.00 e. The van der Waals surface area contributed by atoms with Crippen molar-refractivity contribution in [1.82, 2.24) is 0 Å². The van der Waals surface area contributed by atoms with Crippen molar-refractivity contribution in [1.29, 1.82) is 0 Å². The van der Waals surface area contributed by atoms with Gasteiger partial charge >= 0.3 is 63.1 Å². The zero-order chi connectivity index (χ0) is 0. The first kappa shape index (κ1) is 60.7. The first-order valence-electron chi connectivity index (χ1n) is 0. The van der Waals surface area contributed by atoms with Crippen LogP contribution in [0.4, 0.5) is 0 Å². The molecule has 0 aromatic carbocycles. The fraction of sp³-hybridized carbons (Fsp3) is 0. The molecule has 0 nitrogen and oxygen atoms in total. The summed E-state index contributed by atoms with van der Waals surface area (Å²) in [5.41, 5.74) is 0. The van der Waals surface area contributed by atoms with Crippen LogP contribution in [0.3, 0.4) is 0 Å². The van der Waals surface area contributed by atoms with Crippen molar-refractivity contribution >= 4 is 63.1 Å². The molecule has 0 spiro atoms. The SMILES string of the molecule is [Cl-].[Cl-].[Cl-].[Cl-].[GeH2+2].[Sr+2]. The van der Waals surface area contributed by atoms with E-state index in [0.717, 1.165) is 0 Å². The Bertz CT molecular complexity index is 7.51. The van der Waals surface area contributed by atoms with Crippen molar-refractivity contribution in [3.05, 3.63) is 0 Å². The van der Waals surface area contributed by atoms with E-state index in [9.17, 15) is 0 Å². The van der Waals surface area contributed by atoms with Crippen molar-refractivity contribution in [3.63, 3.8) is 0 Å². The Kier molecular flexibility index (Phi) is 421. The second kappa shape index (κ2) is 41.7. The zero-order valence-corrected chi connectivity index (χ0v) is 12.4. The predicted molar refractivity (Wildman–Crippen MR) is 14.3 cm³/mol. The van der Waals surface area contributed by atoms with Gasteiger partial charge in [0.05, 0.1) is 0 Å². The fourth-order valence-corrected chi connectivity index (χ4v) is 0. The third-order valence-corrected chi connectivity index (χ3v) is 0. The number of hydrogen-bond donors (Lipinski definition) is 0. The molecule has 0 unspecified atom stereocenters. The molecule has 0 fully saturated rings. The normalized spacial score (nSPS) is 0. The first-order valence-corrected chi connectivity index (χ1v) is 0. The molecule has 0 bridgehead atoms. The van der Waals surface area contributed by atoms with Gasteiger partial charge in [0.1, 0.15) is 0 Å². The summed E-state index contributed by atoms with van der Waals surface area (Å²) in [5.74, 6) is 0. The minimum atomic E-state index is 0. The third kappa shape index (κ3) is 27.1. The molecule has 0 rings (SSSR count). The van der Waals surface area contributed by atoms with Crippen LogP contribution in [0.2, 0.25) is 0 Å². The first-order chi connectivity index (χ1) is 0. The van der Waals surface area contributed by atoms with Crippen LogP contribution in [0.15, 0.2) is 0 Å². The number of rotatable bonds is 0. The molecular weight excluding hydrogens is 302 g/mol. The topological polar surface area (TPSA) is 0 Å². The summed E-state index contributed by atoms with van der Waals surface area (Å²) in [6.45, 7) is 0. The molecule has 0 heterocycles. The Morgan fingerprint density at radius 3 is 0.500 bits per heavy atom. The van der Waals surface area contributed by atoms with Crippen molar-refractivity contribution in [2.45, 2.75) is 0 Å². The second-order valence-corrected chi connectivity index (χ2v) is 0. The summed E-state index contributed by atoms with van der Waals surface area (Å²) in [5, 5.41) is 0. The molecule has 36 valence electrons. The Balaban J connectivity index is 0. The van der Waals surface area contributed by atoms with Gasteiger partial charge in [-0.25, -0.2) is 0 Å². The maximum absolute atomic E-state index is 0. The fourth-order valence-electron chi connectivity index (χ4n) is 0. The van der Waals surface area contributed by atoms with Gasteiger partial charge in [0.2, 0.25) is 0 Å². The van der Waals surface area contributed by atoms with Crippen molar-refractivity contribution in [3.8, 4) is 0 Å². The minimum absolute atomic E-state index is 0. The van der Waals surface area contributed by atoms with Gasteiger partial charge in [-0.2, -0.15) is 0 Å². The standard InChI is InChI=1S/4ClH.GeH2.Sr/h4*1H;1H2;/q;;;;2*+2/p-4. The van der Waals surface area contributed by atoms with Crippen LogP contribution in [0.5, 0.6) is 0 Å². The zero-order valence-electron chi connectivity index (χ0n) is 2.93. The van der Waals surface area contributed by atoms with E-state index in [4.69, 9.17) is 0 Å². The molecular formula is H2Cl4GeSr. The van der Waals surface area contributed by atoms with E-state index in [1.807, 2.05) is 0 Å². The number of hydrogen-bond acceptors (Lipinski definition) is 0. The van der Waals surface area contributed by atoms with Gasteiger partial charge in [0.25, 0.3) is 0 Å². The predicted octanol–water partition coefficient (Wildman–Crippen LogP) is -13.3. The summed E-state index contributed by atoms with van der Waals surface area (Å²) in [6, 6.07) is 0. The van der Waals surface area contributed by atoms with E-state index in [1.54, 1.807) is 0 Å². The quantitative estimate of drug-likeness (QED) is 0.390. The molecule has 6 heteroatoms. The molecule has 0 aliphatic carbocycles. The van der Waals surface area contributed by atoms with Gasteiger partial charge in [0.15, 0.2) is 0 Å². The summed E-state index contributed by atoms with van der Waals surface area (Å²) < 4.78 is 0. The van der Waals surface area contributed by atoms with Crippen LogP contribution in [-0.4, -0.2) is 63.1 Å². The number of halogens is 4. The maximum atomic E-state index is 0. The molecule has 0 amide bonds. The average Bonchev–Trinajstić information content (AvgIpc) is 0. The Hall–Kier alpha value is 3.18. The molecule has 6 heavy (non-hydrogen) atoms. The molecule has 0 aliphatic rings. The molecule has 0 radical (unpaired) electrons. The van der Waals surface area contributed by atoms with E-state index >= 15 is 0 Å². The van der Waals surface area contributed by atoms with E-state index in [1.165, 1.54) is 0 Å². The van der Waals surface area contributed by atoms with E-state index in [2.05, 4.69) is 0 Å². The average molecular weight is 304 g/mol. The van der Waals surface area contributed by atoms with Gasteiger partial charge in [-0.3, -0.25) is 0 Å². The second-order valence-electron chi connectivity index (χ2n) is 0. The summed E-state index contributed by atoms with van der Waals surface area (Å²) in [7, 11) is 0. The van der Waals surface area contributed by atoms with Crippen LogP contribution in [-0.2, 0) is 0 Å². The summed E-state index contributed by atoms with van der Waals surface area (Å²) in [6.07, 6.45) is 0. The third-order valence-electron chi connectivity index (χ3n) is 0. The van der Waals surface area contributed by atoms with Crippen LogP contribution < -0.4 is 49.6 Å².